The molecule has 1 aromatic carbocycles. The van der Waals surface area contributed by atoms with Gasteiger partial charge in [-0.3, -0.25) is 4.79 Å². The maximum absolute atomic E-state index is 12.6. The Balaban J connectivity index is 1.49. The van der Waals surface area contributed by atoms with E-state index >= 15 is 0 Å². The zero-order valence-electron chi connectivity index (χ0n) is 16.9. The van der Waals surface area contributed by atoms with Crippen LogP contribution in [0.1, 0.15) is 43.6 Å². The van der Waals surface area contributed by atoms with E-state index in [1.807, 2.05) is 24.3 Å². The quantitative estimate of drug-likeness (QED) is 0.546. The average Bonchev–Trinajstić information content (AvgIpc) is 3.17. The summed E-state index contributed by atoms with van der Waals surface area (Å²) in [6.07, 6.45) is 4.20. The highest BCUT2D eigenvalue weighted by Crippen LogP contribution is 2.38. The lowest BCUT2D eigenvalue weighted by atomic mass is 9.82. The number of halogens is 3. The molecule has 2 aliphatic rings. The molecule has 0 amide bonds. The standard InChI is InChI=1S/C20H27F3N2O5S/c21-20(22,23)31(27,28)25-17-9-10-24-18(17)13-30-15-7-5-14(6-8-15)16-3-1-2-4-19(16)29-12-11-26/h1-4,11,14-15,17-18,24-25H,5-10,12-13H2. The number of benzene rings is 1. The van der Waals surface area contributed by atoms with Crippen LogP contribution >= 0.6 is 0 Å². The molecule has 2 atom stereocenters. The molecule has 1 heterocycles. The van der Waals surface area contributed by atoms with Gasteiger partial charge in [-0.05, 0) is 56.2 Å². The number of rotatable bonds is 9. The highest BCUT2D eigenvalue weighted by atomic mass is 32.2. The van der Waals surface area contributed by atoms with Gasteiger partial charge in [0.1, 0.15) is 12.4 Å². The van der Waals surface area contributed by atoms with Crippen molar-refractivity contribution in [2.75, 3.05) is 19.8 Å². The van der Waals surface area contributed by atoms with Crippen LogP contribution in [0.25, 0.3) is 0 Å². The third-order valence-corrected chi connectivity index (χ3v) is 7.03. The second kappa shape index (κ2) is 10.3. The van der Waals surface area contributed by atoms with Crippen LogP contribution in [0.2, 0.25) is 0 Å². The predicted molar refractivity (Wildman–Crippen MR) is 107 cm³/mol. The number of ether oxygens (including phenoxy) is 2. The number of sulfonamides is 1. The van der Waals surface area contributed by atoms with Crippen LogP contribution in [0.4, 0.5) is 13.2 Å². The van der Waals surface area contributed by atoms with Crippen LogP contribution in [-0.4, -0.2) is 58.2 Å². The molecule has 0 bridgehead atoms. The van der Waals surface area contributed by atoms with Gasteiger partial charge in [0.25, 0.3) is 0 Å². The van der Waals surface area contributed by atoms with Crippen molar-refractivity contribution < 1.29 is 35.9 Å². The average molecular weight is 465 g/mol. The number of hydrogen-bond acceptors (Lipinski definition) is 6. The van der Waals surface area contributed by atoms with E-state index in [-0.39, 0.29) is 31.7 Å². The summed E-state index contributed by atoms with van der Waals surface area (Å²) in [6.45, 7) is 0.561. The van der Waals surface area contributed by atoms with Gasteiger partial charge in [0, 0.05) is 12.1 Å². The summed E-state index contributed by atoms with van der Waals surface area (Å²) in [6, 6.07) is 6.26. The Kier molecular flexibility index (Phi) is 7.95. The van der Waals surface area contributed by atoms with E-state index in [1.165, 1.54) is 0 Å². The first-order valence-corrected chi connectivity index (χ1v) is 11.8. The first kappa shape index (κ1) is 24.0. The Labute approximate surface area is 179 Å². The molecule has 0 spiro atoms. The molecule has 11 heteroatoms. The number of carbonyl (C=O) groups is 1. The van der Waals surface area contributed by atoms with E-state index in [9.17, 15) is 26.4 Å². The largest absolute Gasteiger partial charge is 0.511 e. The topological polar surface area (TPSA) is 93.7 Å². The molecule has 2 unspecified atom stereocenters. The van der Waals surface area contributed by atoms with Gasteiger partial charge >= 0.3 is 15.5 Å². The smallest absolute Gasteiger partial charge is 0.486 e. The van der Waals surface area contributed by atoms with Crippen molar-refractivity contribution in [1.29, 1.82) is 0 Å². The van der Waals surface area contributed by atoms with Crippen LogP contribution in [0.5, 0.6) is 5.75 Å². The molecule has 174 valence electrons. The van der Waals surface area contributed by atoms with Gasteiger partial charge in [0.05, 0.1) is 12.7 Å². The van der Waals surface area contributed by atoms with Gasteiger partial charge in [-0.15, -0.1) is 0 Å². The fourth-order valence-electron chi connectivity index (χ4n) is 4.20. The van der Waals surface area contributed by atoms with Gasteiger partial charge in [0.15, 0.2) is 6.29 Å². The van der Waals surface area contributed by atoms with Crippen molar-refractivity contribution in [2.24, 2.45) is 0 Å². The van der Waals surface area contributed by atoms with Crippen LogP contribution in [0.15, 0.2) is 24.3 Å². The molecule has 2 fully saturated rings. The molecule has 1 saturated heterocycles. The summed E-state index contributed by atoms with van der Waals surface area (Å²) < 4.78 is 73.9. The van der Waals surface area contributed by atoms with Crippen molar-refractivity contribution in [1.82, 2.24) is 10.0 Å². The summed E-state index contributed by atoms with van der Waals surface area (Å²) in [5.41, 5.74) is -4.27. The van der Waals surface area contributed by atoms with E-state index in [0.717, 1.165) is 31.2 Å². The van der Waals surface area contributed by atoms with Gasteiger partial charge in [-0.25, -0.2) is 13.1 Å². The Morgan fingerprint density at radius 1 is 1.13 bits per heavy atom. The minimum Gasteiger partial charge on any atom is -0.486 e. The number of para-hydroxylation sites is 1. The normalized spacial score (nSPS) is 27.2. The molecule has 1 aliphatic carbocycles. The lowest BCUT2D eigenvalue weighted by molar-refractivity contribution is -0.109. The lowest BCUT2D eigenvalue weighted by Crippen LogP contribution is -2.49. The van der Waals surface area contributed by atoms with Gasteiger partial charge in [0.2, 0.25) is 0 Å². The molecule has 7 nitrogen and oxygen atoms in total. The van der Waals surface area contributed by atoms with E-state index < -0.39 is 27.6 Å². The Hall–Kier alpha value is -1.69. The Morgan fingerprint density at radius 2 is 1.84 bits per heavy atom. The highest BCUT2D eigenvalue weighted by Gasteiger charge is 2.48. The summed E-state index contributed by atoms with van der Waals surface area (Å²) in [4.78, 5) is 10.6. The number of alkyl halides is 3. The third-order valence-electron chi connectivity index (χ3n) is 5.81. The van der Waals surface area contributed by atoms with Crippen LogP contribution in [-0.2, 0) is 19.6 Å². The molecular weight excluding hydrogens is 437 g/mol. The summed E-state index contributed by atoms with van der Waals surface area (Å²) in [7, 11) is -5.39. The predicted octanol–water partition coefficient (Wildman–Crippen LogP) is 2.48. The minimum atomic E-state index is -5.39. The zero-order chi connectivity index (χ0) is 22.5. The fraction of sp³-hybridized carbons (Fsp3) is 0.650. The van der Waals surface area contributed by atoms with Gasteiger partial charge < -0.3 is 14.8 Å². The molecule has 0 radical (unpaired) electrons. The zero-order valence-corrected chi connectivity index (χ0v) is 17.8. The van der Waals surface area contributed by atoms with Gasteiger partial charge in [-0.1, -0.05) is 18.2 Å². The Morgan fingerprint density at radius 3 is 2.52 bits per heavy atom. The SMILES string of the molecule is O=CCOc1ccccc1C1CCC(OCC2NCCC2NS(=O)(=O)C(F)(F)F)CC1. The van der Waals surface area contributed by atoms with Crippen molar-refractivity contribution >= 4 is 16.3 Å². The highest BCUT2D eigenvalue weighted by molar-refractivity contribution is 7.90. The minimum absolute atomic E-state index is 0.00309. The number of hydrogen-bond donors (Lipinski definition) is 2. The Bertz CT molecular complexity index is 841. The lowest BCUT2D eigenvalue weighted by Gasteiger charge is -2.31. The van der Waals surface area contributed by atoms with E-state index in [1.54, 1.807) is 4.72 Å². The number of nitrogens with one attached hydrogen (secondary N) is 2. The molecular formula is C20H27F3N2O5S. The molecule has 1 aliphatic heterocycles. The molecule has 31 heavy (non-hydrogen) atoms. The maximum Gasteiger partial charge on any atom is 0.511 e. The summed E-state index contributed by atoms with van der Waals surface area (Å²) in [5, 5.41) is 3.02. The molecule has 0 aromatic heterocycles. The van der Waals surface area contributed by atoms with Crippen LogP contribution in [0.3, 0.4) is 0 Å². The molecule has 3 rings (SSSR count). The first-order valence-electron chi connectivity index (χ1n) is 10.3. The van der Waals surface area contributed by atoms with Gasteiger partial charge in [-0.2, -0.15) is 13.2 Å². The van der Waals surface area contributed by atoms with E-state index in [0.29, 0.717) is 18.6 Å². The molecule has 1 aromatic rings. The number of aldehydes is 1. The molecule has 1 saturated carbocycles. The van der Waals surface area contributed by atoms with E-state index in [4.69, 9.17) is 9.47 Å². The fourth-order valence-corrected chi connectivity index (χ4v) is 5.02. The second-order valence-electron chi connectivity index (χ2n) is 7.85. The second-order valence-corrected chi connectivity index (χ2v) is 9.55. The van der Waals surface area contributed by atoms with Crippen LogP contribution < -0.4 is 14.8 Å². The van der Waals surface area contributed by atoms with Crippen LogP contribution in [0, 0.1) is 0 Å². The summed E-state index contributed by atoms with van der Waals surface area (Å²) in [5.74, 6) is 0.979. The summed E-state index contributed by atoms with van der Waals surface area (Å²) >= 11 is 0. The monoisotopic (exact) mass is 464 g/mol. The number of carbonyl (C=O) groups excluding carboxylic acids is 1. The molecule has 2 N–H and O–H groups in total. The first-order chi connectivity index (χ1) is 14.7. The van der Waals surface area contributed by atoms with Crippen molar-refractivity contribution in [2.45, 2.75) is 61.7 Å². The maximum atomic E-state index is 12.6. The van der Waals surface area contributed by atoms with Crippen molar-refractivity contribution in [3.8, 4) is 5.75 Å². The van der Waals surface area contributed by atoms with Crippen molar-refractivity contribution in [3.05, 3.63) is 29.8 Å². The van der Waals surface area contributed by atoms with Crippen molar-refractivity contribution in [3.63, 3.8) is 0 Å². The third kappa shape index (κ3) is 6.18. The van der Waals surface area contributed by atoms with E-state index in [2.05, 4.69) is 5.32 Å².